The van der Waals surface area contributed by atoms with Gasteiger partial charge in [-0.15, -0.1) is 5.10 Å². The summed E-state index contributed by atoms with van der Waals surface area (Å²) in [6.07, 6.45) is 0.512. The Labute approximate surface area is 94.2 Å². The standard InChI is InChI=1S/C10H17N3O3/c1-7(2)6-13-8(4-5-16-3)9(10(14)15)11-12-13/h7H,4-6H2,1-3H3,(H,14,15). The molecule has 0 unspecified atom stereocenters. The van der Waals surface area contributed by atoms with Gasteiger partial charge >= 0.3 is 5.97 Å². The van der Waals surface area contributed by atoms with E-state index in [0.29, 0.717) is 31.2 Å². The van der Waals surface area contributed by atoms with Crippen LogP contribution < -0.4 is 0 Å². The van der Waals surface area contributed by atoms with Crippen LogP contribution in [0.3, 0.4) is 0 Å². The van der Waals surface area contributed by atoms with Gasteiger partial charge in [-0.1, -0.05) is 19.1 Å². The highest BCUT2D eigenvalue weighted by atomic mass is 16.5. The van der Waals surface area contributed by atoms with Crippen molar-refractivity contribution in [2.24, 2.45) is 5.92 Å². The van der Waals surface area contributed by atoms with Gasteiger partial charge < -0.3 is 9.84 Å². The number of aromatic nitrogens is 3. The van der Waals surface area contributed by atoms with Gasteiger partial charge in [0.25, 0.3) is 0 Å². The first-order valence-electron chi connectivity index (χ1n) is 5.20. The molecule has 0 aliphatic heterocycles. The van der Waals surface area contributed by atoms with Gasteiger partial charge in [0.05, 0.1) is 12.3 Å². The number of rotatable bonds is 6. The molecule has 0 saturated carbocycles. The Morgan fingerprint density at radius 3 is 2.75 bits per heavy atom. The van der Waals surface area contributed by atoms with E-state index >= 15 is 0 Å². The van der Waals surface area contributed by atoms with Crippen LogP contribution in [0.25, 0.3) is 0 Å². The molecule has 0 saturated heterocycles. The molecule has 0 aliphatic carbocycles. The lowest BCUT2D eigenvalue weighted by Gasteiger charge is -2.08. The summed E-state index contributed by atoms with van der Waals surface area (Å²) < 4.78 is 6.59. The maximum Gasteiger partial charge on any atom is 0.358 e. The van der Waals surface area contributed by atoms with Crippen LogP contribution in [0.15, 0.2) is 0 Å². The molecule has 0 aromatic carbocycles. The zero-order valence-corrected chi connectivity index (χ0v) is 9.80. The topological polar surface area (TPSA) is 77.2 Å². The third kappa shape index (κ3) is 3.03. The molecule has 16 heavy (non-hydrogen) atoms. The van der Waals surface area contributed by atoms with Crippen molar-refractivity contribution in [3.63, 3.8) is 0 Å². The van der Waals surface area contributed by atoms with Gasteiger partial charge in [0.15, 0.2) is 5.69 Å². The van der Waals surface area contributed by atoms with Crippen molar-refractivity contribution in [1.82, 2.24) is 15.0 Å². The van der Waals surface area contributed by atoms with E-state index in [1.807, 2.05) is 13.8 Å². The van der Waals surface area contributed by atoms with Gasteiger partial charge in [0.2, 0.25) is 0 Å². The summed E-state index contributed by atoms with van der Waals surface area (Å²) in [4.78, 5) is 10.9. The Hall–Kier alpha value is -1.43. The number of methoxy groups -OCH3 is 1. The fourth-order valence-corrected chi connectivity index (χ4v) is 1.44. The van der Waals surface area contributed by atoms with Gasteiger partial charge in [-0.25, -0.2) is 9.48 Å². The summed E-state index contributed by atoms with van der Waals surface area (Å²) >= 11 is 0. The summed E-state index contributed by atoms with van der Waals surface area (Å²) in [5.74, 6) is -0.647. The third-order valence-electron chi connectivity index (χ3n) is 2.12. The number of nitrogens with zero attached hydrogens (tertiary/aromatic N) is 3. The summed E-state index contributed by atoms with van der Waals surface area (Å²) in [5, 5.41) is 16.5. The van der Waals surface area contributed by atoms with Gasteiger partial charge in [0.1, 0.15) is 0 Å². The van der Waals surface area contributed by atoms with Crippen LogP contribution in [0.2, 0.25) is 0 Å². The fraction of sp³-hybridized carbons (Fsp3) is 0.700. The zero-order valence-electron chi connectivity index (χ0n) is 9.80. The number of hydrogen-bond donors (Lipinski definition) is 1. The number of carboxylic acid groups (broad SMARTS) is 1. The number of carbonyl (C=O) groups is 1. The quantitative estimate of drug-likeness (QED) is 0.778. The van der Waals surface area contributed by atoms with Crippen LogP contribution in [0.5, 0.6) is 0 Å². The molecule has 1 aromatic heterocycles. The second-order valence-electron chi connectivity index (χ2n) is 4.01. The number of aromatic carboxylic acids is 1. The van der Waals surface area contributed by atoms with Crippen molar-refractivity contribution in [2.75, 3.05) is 13.7 Å². The second-order valence-corrected chi connectivity index (χ2v) is 4.01. The van der Waals surface area contributed by atoms with Gasteiger partial charge in [-0.3, -0.25) is 0 Å². The highest BCUT2D eigenvalue weighted by Crippen LogP contribution is 2.09. The van der Waals surface area contributed by atoms with E-state index in [4.69, 9.17) is 9.84 Å². The fourth-order valence-electron chi connectivity index (χ4n) is 1.44. The molecule has 0 amide bonds. The van der Waals surface area contributed by atoms with Crippen LogP contribution in [0.4, 0.5) is 0 Å². The molecule has 0 fully saturated rings. The summed E-state index contributed by atoms with van der Waals surface area (Å²) in [6, 6.07) is 0. The minimum Gasteiger partial charge on any atom is -0.476 e. The first-order valence-corrected chi connectivity index (χ1v) is 5.20. The maximum atomic E-state index is 10.9. The lowest BCUT2D eigenvalue weighted by Crippen LogP contribution is -2.13. The Morgan fingerprint density at radius 2 is 2.25 bits per heavy atom. The predicted molar refractivity (Wildman–Crippen MR) is 57.4 cm³/mol. The van der Waals surface area contributed by atoms with E-state index in [1.54, 1.807) is 11.8 Å². The van der Waals surface area contributed by atoms with E-state index in [2.05, 4.69) is 10.3 Å². The van der Waals surface area contributed by atoms with Crippen molar-refractivity contribution >= 4 is 5.97 Å². The van der Waals surface area contributed by atoms with Gasteiger partial charge in [-0.2, -0.15) is 0 Å². The van der Waals surface area contributed by atoms with Crippen molar-refractivity contribution in [3.05, 3.63) is 11.4 Å². The third-order valence-corrected chi connectivity index (χ3v) is 2.12. The molecule has 0 radical (unpaired) electrons. The minimum atomic E-state index is -1.04. The molecule has 0 atom stereocenters. The minimum absolute atomic E-state index is 0.0256. The van der Waals surface area contributed by atoms with Crippen LogP contribution in [0, 0.1) is 5.92 Å². The Bertz CT molecular complexity index is 360. The van der Waals surface area contributed by atoms with Crippen molar-refractivity contribution in [2.45, 2.75) is 26.8 Å². The molecular weight excluding hydrogens is 210 g/mol. The first-order chi connectivity index (χ1) is 7.56. The molecule has 1 aromatic rings. The second kappa shape index (κ2) is 5.60. The van der Waals surface area contributed by atoms with E-state index < -0.39 is 5.97 Å². The SMILES string of the molecule is COCCc1c(C(=O)O)nnn1CC(C)C. The molecule has 1 N–H and O–H groups in total. The highest BCUT2D eigenvalue weighted by molar-refractivity contribution is 5.86. The summed E-state index contributed by atoms with van der Waals surface area (Å²) in [6.45, 7) is 5.22. The Balaban J connectivity index is 2.94. The van der Waals surface area contributed by atoms with Crippen molar-refractivity contribution in [1.29, 1.82) is 0 Å². The van der Waals surface area contributed by atoms with E-state index in [9.17, 15) is 4.79 Å². The van der Waals surface area contributed by atoms with Crippen molar-refractivity contribution in [3.8, 4) is 0 Å². The Morgan fingerprint density at radius 1 is 1.56 bits per heavy atom. The summed E-state index contributed by atoms with van der Waals surface area (Å²) in [7, 11) is 1.58. The van der Waals surface area contributed by atoms with Crippen molar-refractivity contribution < 1.29 is 14.6 Å². The monoisotopic (exact) mass is 227 g/mol. The lowest BCUT2D eigenvalue weighted by molar-refractivity contribution is 0.0688. The Kier molecular flexibility index (Phi) is 4.42. The molecular formula is C10H17N3O3. The molecule has 90 valence electrons. The number of carboxylic acids is 1. The molecule has 0 aliphatic rings. The van der Waals surface area contributed by atoms with E-state index in [0.717, 1.165) is 0 Å². The first kappa shape index (κ1) is 12.6. The van der Waals surface area contributed by atoms with E-state index in [-0.39, 0.29) is 5.69 Å². The molecule has 0 bridgehead atoms. The average molecular weight is 227 g/mol. The highest BCUT2D eigenvalue weighted by Gasteiger charge is 2.18. The van der Waals surface area contributed by atoms with Crippen LogP contribution >= 0.6 is 0 Å². The summed E-state index contributed by atoms with van der Waals surface area (Å²) in [5.41, 5.74) is 0.653. The predicted octanol–water partition coefficient (Wildman–Crippen LogP) is 0.821. The number of hydrogen-bond acceptors (Lipinski definition) is 4. The molecule has 0 spiro atoms. The van der Waals surface area contributed by atoms with Crippen LogP contribution in [-0.2, 0) is 17.7 Å². The molecule has 1 rings (SSSR count). The van der Waals surface area contributed by atoms with E-state index in [1.165, 1.54) is 0 Å². The van der Waals surface area contributed by atoms with Crippen LogP contribution in [-0.4, -0.2) is 39.8 Å². The lowest BCUT2D eigenvalue weighted by atomic mass is 10.2. The van der Waals surface area contributed by atoms with Crippen LogP contribution in [0.1, 0.15) is 30.0 Å². The molecule has 6 heteroatoms. The smallest absolute Gasteiger partial charge is 0.358 e. The molecule has 1 heterocycles. The largest absolute Gasteiger partial charge is 0.476 e. The average Bonchev–Trinajstić information content (AvgIpc) is 2.57. The molecule has 6 nitrogen and oxygen atoms in total. The van der Waals surface area contributed by atoms with Gasteiger partial charge in [0, 0.05) is 20.1 Å². The normalized spacial score (nSPS) is 11.0. The number of ether oxygens (including phenoxy) is 1. The maximum absolute atomic E-state index is 10.9. The zero-order chi connectivity index (χ0) is 12.1. The van der Waals surface area contributed by atoms with Gasteiger partial charge in [-0.05, 0) is 5.92 Å².